The number of aliphatic hydroxyl groups excluding tert-OH is 2. The summed E-state index contributed by atoms with van der Waals surface area (Å²) in [5.74, 6) is 1.01. The number of ether oxygens (including phenoxy) is 2. The molecule has 3 aromatic carbocycles. The van der Waals surface area contributed by atoms with Gasteiger partial charge in [-0.2, -0.15) is 0 Å². The van der Waals surface area contributed by atoms with Gasteiger partial charge in [0.1, 0.15) is 17.3 Å². The Labute approximate surface area is 242 Å². The van der Waals surface area contributed by atoms with E-state index in [2.05, 4.69) is 23.1 Å². The molecule has 0 aliphatic carbocycles. The molecule has 0 radical (unpaired) electrons. The molecular weight excluding hydrogens is 519 g/mol. The van der Waals surface area contributed by atoms with Gasteiger partial charge in [0.25, 0.3) is 0 Å². The minimum Gasteiger partial charge on any atom is -0.486 e. The highest BCUT2D eigenvalue weighted by Gasteiger charge is 2.31. The molecule has 216 valence electrons. The van der Waals surface area contributed by atoms with Gasteiger partial charge in [0.15, 0.2) is 0 Å². The molecule has 5 nitrogen and oxygen atoms in total. The predicted molar refractivity (Wildman–Crippen MR) is 165 cm³/mol. The average Bonchev–Trinajstić information content (AvgIpc) is 2.93. The van der Waals surface area contributed by atoms with Crippen LogP contribution in [0.4, 0.5) is 0 Å². The summed E-state index contributed by atoms with van der Waals surface area (Å²) < 4.78 is 11.6. The van der Waals surface area contributed by atoms with E-state index in [-0.39, 0.29) is 17.2 Å². The maximum atomic E-state index is 12.6. The fraction of sp³-hybridized carbons (Fsp3) is 0.441. The molecule has 3 rings (SSSR count). The highest BCUT2D eigenvalue weighted by atomic mass is 31.0. The van der Waals surface area contributed by atoms with Crippen molar-refractivity contribution in [2.45, 2.75) is 84.3 Å². The highest BCUT2D eigenvalue weighted by Crippen LogP contribution is 2.35. The first kappa shape index (κ1) is 31.8. The van der Waals surface area contributed by atoms with Gasteiger partial charge in [0, 0.05) is 5.41 Å². The lowest BCUT2D eigenvalue weighted by Crippen LogP contribution is -2.30. The Balaban J connectivity index is 1.40. The second kappa shape index (κ2) is 14.8. The van der Waals surface area contributed by atoms with Crippen molar-refractivity contribution in [3.8, 4) is 11.5 Å². The summed E-state index contributed by atoms with van der Waals surface area (Å²) in [6.07, 6.45) is 2.62. The fourth-order valence-corrected chi connectivity index (χ4v) is 4.73. The number of esters is 1. The highest BCUT2D eigenvalue weighted by molar-refractivity contribution is 7.17. The molecule has 0 saturated carbocycles. The van der Waals surface area contributed by atoms with Crippen LogP contribution >= 0.6 is 9.24 Å². The molecule has 0 fully saturated rings. The van der Waals surface area contributed by atoms with Crippen molar-refractivity contribution in [3.05, 3.63) is 96.1 Å². The first-order valence-electron chi connectivity index (χ1n) is 14.1. The molecule has 0 aliphatic heterocycles. The van der Waals surface area contributed by atoms with Crippen molar-refractivity contribution in [1.82, 2.24) is 0 Å². The van der Waals surface area contributed by atoms with Crippen molar-refractivity contribution in [2.24, 2.45) is 10.8 Å². The van der Waals surface area contributed by atoms with E-state index in [1.54, 1.807) is 12.1 Å². The Hall–Kier alpha value is -2.72. The van der Waals surface area contributed by atoms with Crippen LogP contribution < -0.4 is 9.47 Å². The third-order valence-corrected chi connectivity index (χ3v) is 8.51. The van der Waals surface area contributed by atoms with Crippen molar-refractivity contribution in [2.75, 3.05) is 0 Å². The standard InChI is InChI=1S/C34H45O5P/c1-33(2,31(37)38-29-11-7-5-8-12-29)21-19-27(35)23-25-15-17-26(18-16-25)24-28(36)20-22-34(3,4)32(40)39-30-13-9-6-10-14-30/h5-18,27-28,32,35-36H,19-24,40H2,1-4H3. The van der Waals surface area contributed by atoms with Gasteiger partial charge in [-0.15, -0.1) is 0 Å². The zero-order valence-electron chi connectivity index (χ0n) is 24.3. The molecule has 6 heteroatoms. The average molecular weight is 565 g/mol. The number of benzene rings is 3. The number of para-hydroxylation sites is 2. The maximum absolute atomic E-state index is 12.6. The summed E-state index contributed by atoms with van der Waals surface area (Å²) in [5.41, 5.74) is 1.28. The van der Waals surface area contributed by atoms with Gasteiger partial charge in [0.05, 0.1) is 17.6 Å². The Morgan fingerprint density at radius 3 is 1.68 bits per heavy atom. The zero-order valence-corrected chi connectivity index (χ0v) is 25.4. The lowest BCUT2D eigenvalue weighted by Gasteiger charge is -2.32. The molecule has 0 amide bonds. The predicted octanol–water partition coefficient (Wildman–Crippen LogP) is 6.99. The van der Waals surface area contributed by atoms with Crippen LogP contribution in [0.3, 0.4) is 0 Å². The summed E-state index contributed by atoms with van der Waals surface area (Å²) >= 11 is 0. The monoisotopic (exact) mass is 564 g/mol. The van der Waals surface area contributed by atoms with Crippen molar-refractivity contribution in [3.63, 3.8) is 0 Å². The molecule has 0 bridgehead atoms. The number of carbonyl (C=O) groups excluding carboxylic acids is 1. The third-order valence-electron chi connectivity index (χ3n) is 7.47. The fourth-order valence-electron chi connectivity index (χ4n) is 4.41. The first-order valence-corrected chi connectivity index (χ1v) is 14.8. The Morgan fingerprint density at radius 2 is 1.18 bits per heavy atom. The van der Waals surface area contributed by atoms with Gasteiger partial charge < -0.3 is 19.7 Å². The van der Waals surface area contributed by atoms with Gasteiger partial charge >= 0.3 is 5.97 Å². The van der Waals surface area contributed by atoms with Gasteiger partial charge in [-0.05, 0) is 87.8 Å². The molecule has 0 spiro atoms. The zero-order chi connectivity index (χ0) is 29.2. The Bertz CT molecular complexity index is 1160. The summed E-state index contributed by atoms with van der Waals surface area (Å²) in [4.78, 5) is 12.6. The lowest BCUT2D eigenvalue weighted by molar-refractivity contribution is -0.144. The minimum atomic E-state index is -0.699. The minimum absolute atomic E-state index is 0.0621. The maximum Gasteiger partial charge on any atom is 0.316 e. The SMILES string of the molecule is CC(C)(CCC(O)Cc1ccc(CC(O)CCC(C)(C)C(P)Oc2ccccc2)cc1)C(=O)Oc1ccccc1. The normalized spacial score (nSPS) is 14.3. The molecule has 0 heterocycles. The van der Waals surface area contributed by atoms with Crippen LogP contribution in [0.25, 0.3) is 0 Å². The van der Waals surface area contributed by atoms with Gasteiger partial charge in [-0.25, -0.2) is 0 Å². The third kappa shape index (κ3) is 10.4. The van der Waals surface area contributed by atoms with Crippen LogP contribution in [0.2, 0.25) is 0 Å². The summed E-state index contributed by atoms with van der Waals surface area (Å²) in [5, 5.41) is 21.3. The van der Waals surface area contributed by atoms with Gasteiger partial charge in [-0.3, -0.25) is 4.79 Å². The van der Waals surface area contributed by atoms with E-state index < -0.39 is 17.6 Å². The van der Waals surface area contributed by atoms with Gasteiger partial charge in [-0.1, -0.05) is 83.8 Å². The van der Waals surface area contributed by atoms with Crippen molar-refractivity contribution >= 4 is 15.2 Å². The Morgan fingerprint density at radius 1 is 0.725 bits per heavy atom. The second-order valence-electron chi connectivity index (χ2n) is 12.0. The van der Waals surface area contributed by atoms with Crippen molar-refractivity contribution in [1.29, 1.82) is 0 Å². The topological polar surface area (TPSA) is 76.0 Å². The van der Waals surface area contributed by atoms with E-state index in [0.717, 1.165) is 23.3 Å². The van der Waals surface area contributed by atoms with Crippen LogP contribution in [0, 0.1) is 10.8 Å². The number of aliphatic hydroxyl groups is 2. The van der Waals surface area contributed by atoms with Crippen LogP contribution in [0.5, 0.6) is 11.5 Å². The van der Waals surface area contributed by atoms with E-state index in [4.69, 9.17) is 9.47 Å². The van der Waals surface area contributed by atoms with Crippen LogP contribution in [0.1, 0.15) is 64.5 Å². The second-order valence-corrected chi connectivity index (χ2v) is 12.6. The summed E-state index contributed by atoms with van der Waals surface area (Å²) in [6.45, 7) is 8.02. The van der Waals surface area contributed by atoms with E-state index in [1.165, 1.54) is 0 Å². The van der Waals surface area contributed by atoms with E-state index >= 15 is 0 Å². The molecule has 0 aromatic heterocycles. The first-order chi connectivity index (χ1) is 18.9. The number of hydrogen-bond acceptors (Lipinski definition) is 5. The van der Waals surface area contributed by atoms with E-state index in [0.29, 0.717) is 37.9 Å². The molecule has 0 aliphatic rings. The molecular formula is C34H45O5P. The smallest absolute Gasteiger partial charge is 0.316 e. The summed E-state index contributed by atoms with van der Waals surface area (Å²) in [7, 11) is 2.79. The summed E-state index contributed by atoms with van der Waals surface area (Å²) in [6, 6.07) is 26.9. The van der Waals surface area contributed by atoms with Crippen LogP contribution in [-0.2, 0) is 17.6 Å². The molecule has 4 atom stereocenters. The molecule has 40 heavy (non-hydrogen) atoms. The number of rotatable bonds is 15. The van der Waals surface area contributed by atoms with Crippen LogP contribution in [-0.4, -0.2) is 34.2 Å². The quantitative estimate of drug-likeness (QED) is 0.118. The molecule has 0 saturated heterocycles. The largest absolute Gasteiger partial charge is 0.486 e. The lowest BCUT2D eigenvalue weighted by atomic mass is 9.85. The Kier molecular flexibility index (Phi) is 11.7. The van der Waals surface area contributed by atoms with Gasteiger partial charge in [0.2, 0.25) is 0 Å². The molecule has 2 N–H and O–H groups in total. The van der Waals surface area contributed by atoms with E-state index in [9.17, 15) is 15.0 Å². The molecule has 4 unspecified atom stereocenters. The molecule has 3 aromatic rings. The number of hydrogen-bond donors (Lipinski definition) is 2. The number of carbonyl (C=O) groups is 1. The van der Waals surface area contributed by atoms with E-state index in [1.807, 2.05) is 86.6 Å². The van der Waals surface area contributed by atoms with Crippen molar-refractivity contribution < 1.29 is 24.5 Å². The van der Waals surface area contributed by atoms with Crippen LogP contribution in [0.15, 0.2) is 84.9 Å².